The molecule has 1 fully saturated rings. The Hall–Kier alpha value is -3.68. The molecule has 30 heavy (non-hydrogen) atoms. The van der Waals surface area contributed by atoms with E-state index in [9.17, 15) is 14.0 Å². The van der Waals surface area contributed by atoms with E-state index in [-0.39, 0.29) is 19.0 Å². The van der Waals surface area contributed by atoms with Gasteiger partial charge in [0.1, 0.15) is 17.7 Å². The molecular weight excluding hydrogens is 389 g/mol. The Kier molecular flexibility index (Phi) is 5.22. The predicted octanol–water partition coefficient (Wildman–Crippen LogP) is 3.45. The Balaban J connectivity index is 1.51. The van der Waals surface area contributed by atoms with Crippen molar-refractivity contribution in [2.75, 3.05) is 25.1 Å². The number of methoxy groups -OCH3 is 1. The van der Waals surface area contributed by atoms with Gasteiger partial charge in [0.25, 0.3) is 5.91 Å². The number of nitrogens with one attached hydrogen (secondary N) is 1. The quantitative estimate of drug-likeness (QED) is 0.698. The van der Waals surface area contributed by atoms with Gasteiger partial charge in [-0.2, -0.15) is 0 Å². The number of nitrogens with zero attached hydrogens (tertiary/aromatic N) is 2. The number of aryl methyl sites for hydroxylation is 1. The molecule has 4 rings (SSSR count). The van der Waals surface area contributed by atoms with Gasteiger partial charge < -0.3 is 14.8 Å². The van der Waals surface area contributed by atoms with Crippen LogP contribution in [0.4, 0.5) is 14.9 Å². The summed E-state index contributed by atoms with van der Waals surface area (Å²) >= 11 is 0. The van der Waals surface area contributed by atoms with Crippen molar-refractivity contribution in [1.29, 1.82) is 0 Å². The van der Waals surface area contributed by atoms with Crippen LogP contribution >= 0.6 is 0 Å². The molecule has 1 aromatic heterocycles. The second-order valence-corrected chi connectivity index (χ2v) is 7.00. The van der Waals surface area contributed by atoms with Gasteiger partial charge in [-0.3, -0.25) is 14.7 Å². The molecule has 1 N–H and O–H groups in total. The lowest BCUT2D eigenvalue weighted by molar-refractivity contribution is 0.0916. The maximum absolute atomic E-state index is 13.0. The number of halogens is 1. The van der Waals surface area contributed by atoms with Crippen LogP contribution in [0.2, 0.25) is 0 Å². The van der Waals surface area contributed by atoms with Gasteiger partial charge in [-0.15, -0.1) is 0 Å². The van der Waals surface area contributed by atoms with Gasteiger partial charge in [-0.25, -0.2) is 9.18 Å². The summed E-state index contributed by atoms with van der Waals surface area (Å²) in [4.78, 5) is 30.8. The number of hydrogen-bond acceptors (Lipinski definition) is 5. The van der Waals surface area contributed by atoms with Crippen LogP contribution in [0.3, 0.4) is 0 Å². The minimum absolute atomic E-state index is 0.143. The minimum Gasteiger partial charge on any atom is -0.497 e. The van der Waals surface area contributed by atoms with E-state index in [0.717, 1.165) is 16.6 Å². The maximum atomic E-state index is 13.0. The lowest BCUT2D eigenvalue weighted by Crippen LogP contribution is -2.34. The summed E-state index contributed by atoms with van der Waals surface area (Å²) in [5, 5.41) is 3.49. The Morgan fingerprint density at radius 2 is 2.03 bits per heavy atom. The normalized spacial score (nSPS) is 15.9. The van der Waals surface area contributed by atoms with Gasteiger partial charge in [-0.1, -0.05) is 0 Å². The Bertz CT molecular complexity index is 1120. The van der Waals surface area contributed by atoms with Crippen LogP contribution in [0, 0.1) is 12.7 Å². The number of pyridine rings is 1. The molecule has 1 aliphatic rings. The Morgan fingerprint density at radius 3 is 2.77 bits per heavy atom. The summed E-state index contributed by atoms with van der Waals surface area (Å²) in [6, 6.07) is 12.5. The molecule has 0 saturated carbocycles. The van der Waals surface area contributed by atoms with Crippen LogP contribution < -0.4 is 15.0 Å². The van der Waals surface area contributed by atoms with Crippen LogP contribution in [0.25, 0.3) is 10.9 Å². The van der Waals surface area contributed by atoms with E-state index in [0.29, 0.717) is 17.0 Å². The van der Waals surface area contributed by atoms with Gasteiger partial charge in [0.05, 0.1) is 31.4 Å². The first-order chi connectivity index (χ1) is 14.4. The third-order valence-electron chi connectivity index (χ3n) is 4.88. The monoisotopic (exact) mass is 409 g/mol. The average Bonchev–Trinajstić information content (AvgIpc) is 3.12. The topological polar surface area (TPSA) is 80.8 Å². The molecule has 8 heteroatoms. The number of ether oxygens (including phenoxy) is 2. The summed E-state index contributed by atoms with van der Waals surface area (Å²) in [5.41, 5.74) is 2.52. The predicted molar refractivity (Wildman–Crippen MR) is 109 cm³/mol. The minimum atomic E-state index is -0.518. The van der Waals surface area contributed by atoms with Crippen LogP contribution in [-0.4, -0.2) is 43.3 Å². The first-order valence-corrected chi connectivity index (χ1v) is 9.42. The molecule has 0 radical (unpaired) electrons. The summed E-state index contributed by atoms with van der Waals surface area (Å²) in [6.45, 7) is 2.27. The molecule has 1 unspecified atom stereocenters. The van der Waals surface area contributed by atoms with Crippen molar-refractivity contribution in [3.05, 3.63) is 65.6 Å². The third-order valence-corrected chi connectivity index (χ3v) is 4.88. The summed E-state index contributed by atoms with van der Waals surface area (Å²) in [5.74, 6) is -0.118. The molecule has 0 aliphatic carbocycles. The van der Waals surface area contributed by atoms with Crippen molar-refractivity contribution in [2.24, 2.45) is 0 Å². The van der Waals surface area contributed by atoms with E-state index in [1.807, 2.05) is 31.2 Å². The van der Waals surface area contributed by atoms with Crippen molar-refractivity contribution in [3.8, 4) is 5.75 Å². The number of amides is 2. The first-order valence-electron chi connectivity index (χ1n) is 9.42. The molecule has 2 aromatic carbocycles. The fourth-order valence-electron chi connectivity index (χ4n) is 3.40. The number of benzene rings is 2. The number of hydrogen-bond donors (Lipinski definition) is 1. The SMILES string of the molecule is COc1ccc2nc(C)cc(N3CC(CNC(=O)c4ccc(F)cc4)OC3=O)c2c1. The van der Waals surface area contributed by atoms with Gasteiger partial charge in [0.2, 0.25) is 0 Å². The van der Waals surface area contributed by atoms with E-state index in [1.165, 1.54) is 29.2 Å². The van der Waals surface area contributed by atoms with Crippen molar-refractivity contribution in [3.63, 3.8) is 0 Å². The number of rotatable bonds is 5. The zero-order valence-electron chi connectivity index (χ0n) is 16.5. The van der Waals surface area contributed by atoms with E-state index in [1.54, 1.807) is 7.11 Å². The summed E-state index contributed by atoms with van der Waals surface area (Å²) in [6.07, 6.45) is -1.01. The van der Waals surface area contributed by atoms with E-state index < -0.39 is 18.0 Å². The molecular formula is C22H20FN3O4. The van der Waals surface area contributed by atoms with Crippen molar-refractivity contribution >= 4 is 28.6 Å². The highest BCUT2D eigenvalue weighted by molar-refractivity contribution is 6.02. The standard InChI is InChI=1S/C22H20FN3O4/c1-13-9-20(18-10-16(29-2)7-8-19(18)25-13)26-12-17(30-22(26)28)11-24-21(27)14-3-5-15(23)6-4-14/h3-10,17H,11-12H2,1-2H3,(H,24,27). The molecule has 2 amide bonds. The largest absolute Gasteiger partial charge is 0.497 e. The smallest absolute Gasteiger partial charge is 0.414 e. The molecule has 1 atom stereocenters. The first kappa shape index (κ1) is 19.6. The average molecular weight is 409 g/mol. The molecule has 1 aliphatic heterocycles. The Labute approximate surface area is 172 Å². The molecule has 0 bridgehead atoms. The highest BCUT2D eigenvalue weighted by Gasteiger charge is 2.33. The number of carbonyl (C=O) groups is 2. The lowest BCUT2D eigenvalue weighted by atomic mass is 10.1. The van der Waals surface area contributed by atoms with E-state index in [4.69, 9.17) is 9.47 Å². The summed E-state index contributed by atoms with van der Waals surface area (Å²) < 4.78 is 23.7. The number of aromatic nitrogens is 1. The van der Waals surface area contributed by atoms with Crippen LogP contribution in [-0.2, 0) is 4.74 Å². The van der Waals surface area contributed by atoms with E-state index in [2.05, 4.69) is 10.3 Å². The van der Waals surface area contributed by atoms with Crippen molar-refractivity contribution in [2.45, 2.75) is 13.0 Å². The number of fused-ring (bicyclic) bond motifs is 1. The summed E-state index contributed by atoms with van der Waals surface area (Å²) in [7, 11) is 1.58. The second kappa shape index (κ2) is 7.98. The second-order valence-electron chi connectivity index (χ2n) is 7.00. The van der Waals surface area contributed by atoms with Crippen LogP contribution in [0.1, 0.15) is 16.1 Å². The van der Waals surface area contributed by atoms with E-state index >= 15 is 0 Å². The number of carbonyl (C=O) groups excluding carboxylic acids is 2. The molecule has 154 valence electrons. The fourth-order valence-corrected chi connectivity index (χ4v) is 3.40. The lowest BCUT2D eigenvalue weighted by Gasteiger charge is -2.17. The fraction of sp³-hybridized carbons (Fsp3) is 0.227. The van der Waals surface area contributed by atoms with Crippen LogP contribution in [0.5, 0.6) is 5.75 Å². The highest BCUT2D eigenvalue weighted by Crippen LogP contribution is 2.32. The van der Waals surface area contributed by atoms with Gasteiger partial charge in [0, 0.05) is 16.6 Å². The van der Waals surface area contributed by atoms with Gasteiger partial charge in [-0.05, 0) is 55.5 Å². The molecule has 7 nitrogen and oxygen atoms in total. The molecule has 3 aromatic rings. The third kappa shape index (κ3) is 3.89. The van der Waals surface area contributed by atoms with Gasteiger partial charge >= 0.3 is 6.09 Å². The van der Waals surface area contributed by atoms with Crippen molar-refractivity contribution < 1.29 is 23.5 Å². The number of cyclic esters (lactones) is 1. The maximum Gasteiger partial charge on any atom is 0.414 e. The zero-order valence-corrected chi connectivity index (χ0v) is 16.5. The number of anilines is 1. The highest BCUT2D eigenvalue weighted by atomic mass is 19.1. The zero-order chi connectivity index (χ0) is 21.3. The molecule has 2 heterocycles. The van der Waals surface area contributed by atoms with Crippen molar-refractivity contribution in [1.82, 2.24) is 10.3 Å². The van der Waals surface area contributed by atoms with Crippen LogP contribution in [0.15, 0.2) is 48.5 Å². The van der Waals surface area contributed by atoms with Gasteiger partial charge in [0.15, 0.2) is 0 Å². The molecule has 1 saturated heterocycles. The Morgan fingerprint density at radius 1 is 1.27 bits per heavy atom. The molecule has 0 spiro atoms.